The van der Waals surface area contributed by atoms with E-state index in [0.29, 0.717) is 19.4 Å². The van der Waals surface area contributed by atoms with Gasteiger partial charge in [-0.15, -0.1) is 0 Å². The van der Waals surface area contributed by atoms with Gasteiger partial charge in [-0.1, -0.05) is 0 Å². The maximum atomic E-state index is 13.0. The Morgan fingerprint density at radius 2 is 1.85 bits per heavy atom. The molecule has 1 heterocycles. The Hall–Kier alpha value is -2.00. The number of benzene rings is 1. The van der Waals surface area contributed by atoms with Gasteiger partial charge < -0.3 is 10.6 Å². The SMILES string of the molecule is O=C(CCNC(=O)[C@H]1CCCN(S(=O)(=O)c2ccc(F)cc2)C1)NC1CC1. The van der Waals surface area contributed by atoms with Crippen molar-refractivity contribution in [3.8, 4) is 0 Å². The van der Waals surface area contributed by atoms with Crippen molar-refractivity contribution in [3.05, 3.63) is 30.1 Å². The average Bonchev–Trinajstić information content (AvgIpc) is 3.46. The molecular formula is C18H24FN3O4S. The lowest BCUT2D eigenvalue weighted by Gasteiger charge is -2.31. The van der Waals surface area contributed by atoms with Gasteiger partial charge in [-0.05, 0) is 49.9 Å². The molecule has 1 aliphatic carbocycles. The van der Waals surface area contributed by atoms with Crippen LogP contribution in [0.3, 0.4) is 0 Å². The molecule has 1 aliphatic heterocycles. The Bertz CT molecular complexity index is 793. The highest BCUT2D eigenvalue weighted by molar-refractivity contribution is 7.89. The predicted octanol–water partition coefficient (Wildman–Crippen LogP) is 1.01. The number of nitrogens with one attached hydrogen (secondary N) is 2. The summed E-state index contributed by atoms with van der Waals surface area (Å²) in [6.07, 6.45) is 3.40. The molecule has 1 atom stereocenters. The van der Waals surface area contributed by atoms with E-state index in [1.165, 1.54) is 16.4 Å². The highest BCUT2D eigenvalue weighted by Gasteiger charge is 2.33. The number of rotatable bonds is 7. The number of sulfonamides is 1. The van der Waals surface area contributed by atoms with E-state index in [1.54, 1.807) is 0 Å². The molecule has 2 fully saturated rings. The van der Waals surface area contributed by atoms with E-state index in [0.717, 1.165) is 25.0 Å². The lowest BCUT2D eigenvalue weighted by molar-refractivity contribution is -0.126. The number of carbonyl (C=O) groups excluding carboxylic acids is 2. The molecule has 1 saturated carbocycles. The van der Waals surface area contributed by atoms with Crippen LogP contribution in [0.4, 0.5) is 4.39 Å². The zero-order valence-corrected chi connectivity index (χ0v) is 15.8. The van der Waals surface area contributed by atoms with Crippen LogP contribution in [-0.4, -0.2) is 50.2 Å². The minimum atomic E-state index is -3.76. The number of halogens is 1. The van der Waals surface area contributed by atoms with E-state index in [4.69, 9.17) is 0 Å². The van der Waals surface area contributed by atoms with Gasteiger partial charge in [-0.25, -0.2) is 12.8 Å². The number of hydrogen-bond acceptors (Lipinski definition) is 4. The van der Waals surface area contributed by atoms with E-state index in [1.807, 2.05) is 0 Å². The summed E-state index contributed by atoms with van der Waals surface area (Å²) in [5.41, 5.74) is 0. The first-order valence-corrected chi connectivity index (χ1v) is 10.6. The van der Waals surface area contributed by atoms with Crippen LogP contribution in [-0.2, 0) is 19.6 Å². The fraction of sp³-hybridized carbons (Fsp3) is 0.556. The van der Waals surface area contributed by atoms with Gasteiger partial charge in [0.25, 0.3) is 0 Å². The van der Waals surface area contributed by atoms with Crippen LogP contribution in [0, 0.1) is 11.7 Å². The van der Waals surface area contributed by atoms with Crippen LogP contribution in [0.2, 0.25) is 0 Å². The van der Waals surface area contributed by atoms with Crippen LogP contribution in [0.1, 0.15) is 32.1 Å². The molecule has 3 rings (SSSR count). The molecular weight excluding hydrogens is 373 g/mol. The molecule has 0 aromatic heterocycles. The maximum Gasteiger partial charge on any atom is 0.243 e. The smallest absolute Gasteiger partial charge is 0.243 e. The Kier molecular flexibility index (Phi) is 6.11. The number of piperidine rings is 1. The van der Waals surface area contributed by atoms with Gasteiger partial charge in [0.15, 0.2) is 0 Å². The summed E-state index contributed by atoms with van der Waals surface area (Å²) in [5, 5.41) is 5.58. The van der Waals surface area contributed by atoms with Crippen molar-refractivity contribution in [3.63, 3.8) is 0 Å². The molecule has 1 aromatic carbocycles. The number of amides is 2. The lowest BCUT2D eigenvalue weighted by Crippen LogP contribution is -2.45. The Balaban J connectivity index is 1.52. The highest BCUT2D eigenvalue weighted by Crippen LogP contribution is 2.24. The van der Waals surface area contributed by atoms with Gasteiger partial charge in [-0.2, -0.15) is 4.31 Å². The van der Waals surface area contributed by atoms with Crippen LogP contribution >= 0.6 is 0 Å². The normalized spacial score (nSPS) is 20.9. The summed E-state index contributed by atoms with van der Waals surface area (Å²) < 4.78 is 39.7. The second-order valence-electron chi connectivity index (χ2n) is 7.04. The second-order valence-corrected chi connectivity index (χ2v) is 8.98. The largest absolute Gasteiger partial charge is 0.355 e. The third-order valence-corrected chi connectivity index (χ3v) is 6.68. The van der Waals surface area contributed by atoms with Gasteiger partial charge in [0.05, 0.1) is 10.8 Å². The first kappa shape index (κ1) is 19.8. The van der Waals surface area contributed by atoms with Crippen molar-refractivity contribution in [1.82, 2.24) is 14.9 Å². The average molecular weight is 397 g/mol. The van der Waals surface area contributed by atoms with Crippen LogP contribution < -0.4 is 10.6 Å². The standard InChI is InChI=1S/C18H24FN3O4S/c19-14-3-7-16(8-4-14)27(25,26)22-11-1-2-13(12-22)18(24)20-10-9-17(23)21-15-5-6-15/h3-4,7-8,13,15H,1-2,5-6,9-12H2,(H,20,24)(H,21,23)/t13-/m0/s1. The van der Waals surface area contributed by atoms with Crippen LogP contribution in [0.15, 0.2) is 29.2 Å². The zero-order valence-electron chi connectivity index (χ0n) is 15.0. The molecule has 0 spiro atoms. The molecule has 148 valence electrons. The molecule has 27 heavy (non-hydrogen) atoms. The lowest BCUT2D eigenvalue weighted by atomic mass is 9.99. The molecule has 1 saturated heterocycles. The van der Waals surface area contributed by atoms with E-state index in [-0.39, 0.29) is 42.3 Å². The van der Waals surface area contributed by atoms with Gasteiger partial charge in [-0.3, -0.25) is 9.59 Å². The van der Waals surface area contributed by atoms with Gasteiger partial charge in [0.1, 0.15) is 5.82 Å². The fourth-order valence-corrected chi connectivity index (χ4v) is 4.63. The van der Waals surface area contributed by atoms with E-state index >= 15 is 0 Å². The molecule has 0 unspecified atom stereocenters. The minimum Gasteiger partial charge on any atom is -0.355 e. The summed E-state index contributed by atoms with van der Waals surface area (Å²) in [5.74, 6) is -1.29. The van der Waals surface area contributed by atoms with Gasteiger partial charge >= 0.3 is 0 Å². The first-order chi connectivity index (χ1) is 12.9. The van der Waals surface area contributed by atoms with Gasteiger partial charge in [0.2, 0.25) is 21.8 Å². The zero-order chi connectivity index (χ0) is 19.4. The summed E-state index contributed by atoms with van der Waals surface area (Å²) in [7, 11) is -3.76. The third kappa shape index (κ3) is 5.26. The van der Waals surface area contributed by atoms with Gasteiger partial charge in [0, 0.05) is 32.1 Å². The minimum absolute atomic E-state index is 0.0155. The maximum absolute atomic E-state index is 13.0. The van der Waals surface area contributed by atoms with Crippen LogP contribution in [0.5, 0.6) is 0 Å². The topological polar surface area (TPSA) is 95.6 Å². The van der Waals surface area contributed by atoms with Crippen molar-refractivity contribution < 1.29 is 22.4 Å². The quantitative estimate of drug-likeness (QED) is 0.718. The molecule has 2 aliphatic rings. The molecule has 2 amide bonds. The Morgan fingerprint density at radius 1 is 1.15 bits per heavy atom. The number of hydrogen-bond donors (Lipinski definition) is 2. The fourth-order valence-electron chi connectivity index (χ4n) is 3.10. The molecule has 1 aromatic rings. The summed E-state index contributed by atoms with van der Waals surface area (Å²) >= 11 is 0. The molecule has 2 N–H and O–H groups in total. The van der Waals surface area contributed by atoms with Crippen molar-refractivity contribution >= 4 is 21.8 Å². The predicted molar refractivity (Wildman–Crippen MR) is 96.7 cm³/mol. The van der Waals surface area contributed by atoms with E-state index in [2.05, 4.69) is 10.6 Å². The Labute approximate surface area is 158 Å². The third-order valence-electron chi connectivity index (χ3n) is 4.80. The molecule has 0 radical (unpaired) electrons. The molecule has 9 heteroatoms. The monoisotopic (exact) mass is 397 g/mol. The van der Waals surface area contributed by atoms with Crippen molar-refractivity contribution in [2.75, 3.05) is 19.6 Å². The van der Waals surface area contributed by atoms with Crippen molar-refractivity contribution in [2.45, 2.75) is 43.0 Å². The molecule has 0 bridgehead atoms. The summed E-state index contributed by atoms with van der Waals surface area (Å²) in [6, 6.07) is 4.96. The summed E-state index contributed by atoms with van der Waals surface area (Å²) in [6.45, 7) is 0.645. The number of carbonyl (C=O) groups is 2. The molecule has 7 nitrogen and oxygen atoms in total. The highest BCUT2D eigenvalue weighted by atomic mass is 32.2. The number of nitrogens with zero attached hydrogens (tertiary/aromatic N) is 1. The Morgan fingerprint density at radius 3 is 2.52 bits per heavy atom. The summed E-state index contributed by atoms with van der Waals surface area (Å²) in [4.78, 5) is 24.0. The first-order valence-electron chi connectivity index (χ1n) is 9.19. The van der Waals surface area contributed by atoms with E-state index < -0.39 is 21.8 Å². The van der Waals surface area contributed by atoms with Crippen molar-refractivity contribution in [2.24, 2.45) is 5.92 Å². The van der Waals surface area contributed by atoms with Crippen LogP contribution in [0.25, 0.3) is 0 Å². The van der Waals surface area contributed by atoms with Crippen molar-refractivity contribution in [1.29, 1.82) is 0 Å². The second kappa shape index (κ2) is 8.35. The van der Waals surface area contributed by atoms with E-state index in [9.17, 15) is 22.4 Å².